The zero-order valence-corrected chi connectivity index (χ0v) is 25.5. The number of unbranched alkanes of at least 4 members (excludes halogenated alkanes) is 14. The maximum atomic E-state index is 11.5. The van der Waals surface area contributed by atoms with Gasteiger partial charge in [0.05, 0.1) is 9.65 Å². The van der Waals surface area contributed by atoms with Crippen LogP contribution in [0, 0.1) is 0 Å². The molecule has 0 aliphatic heterocycles. The van der Waals surface area contributed by atoms with Gasteiger partial charge in [0.25, 0.3) is 0 Å². The lowest BCUT2D eigenvalue weighted by molar-refractivity contribution is -0.119. The molecule has 0 saturated heterocycles. The van der Waals surface area contributed by atoms with Crippen molar-refractivity contribution in [3.8, 4) is 0 Å². The van der Waals surface area contributed by atoms with Gasteiger partial charge >= 0.3 is 0 Å². The predicted octanol–water partition coefficient (Wildman–Crippen LogP) is 10.1. The van der Waals surface area contributed by atoms with Gasteiger partial charge in [0.1, 0.15) is 11.6 Å². The SMILES string of the molecule is CC(Br)C(=O)CCCCCCCCCCSSCCCCCCCCCCC(=O)C(C)Br. The molecule has 6 heteroatoms. The third kappa shape index (κ3) is 24.1. The Balaban J connectivity index is 3.11. The Labute approximate surface area is 224 Å². The second kappa shape index (κ2) is 25.1. The topological polar surface area (TPSA) is 34.1 Å². The molecule has 190 valence electrons. The number of carbonyl (C=O) groups excluding carboxylic acids is 2. The monoisotopic (exact) mass is 614 g/mol. The first-order valence-corrected chi connectivity index (χ1v) is 17.3. The average molecular weight is 617 g/mol. The van der Waals surface area contributed by atoms with Crippen LogP contribution in [0.15, 0.2) is 0 Å². The third-order valence-electron chi connectivity index (χ3n) is 5.77. The minimum atomic E-state index is 0.0251. The minimum absolute atomic E-state index is 0.0251. The summed E-state index contributed by atoms with van der Waals surface area (Å²) in [5.41, 5.74) is 0. The van der Waals surface area contributed by atoms with Crippen molar-refractivity contribution in [3.63, 3.8) is 0 Å². The number of hydrogen-bond donors (Lipinski definition) is 0. The number of ketones is 2. The lowest BCUT2D eigenvalue weighted by Crippen LogP contribution is -2.08. The van der Waals surface area contributed by atoms with E-state index >= 15 is 0 Å². The molecule has 0 N–H and O–H groups in total. The van der Waals surface area contributed by atoms with Crippen LogP contribution < -0.4 is 0 Å². The molecule has 0 fully saturated rings. The Kier molecular flexibility index (Phi) is 25.9. The van der Waals surface area contributed by atoms with E-state index in [-0.39, 0.29) is 9.65 Å². The fraction of sp³-hybridized carbons (Fsp3) is 0.923. The molecule has 0 heterocycles. The number of halogens is 2. The fourth-order valence-electron chi connectivity index (χ4n) is 3.56. The van der Waals surface area contributed by atoms with Crippen molar-refractivity contribution in [1.29, 1.82) is 0 Å². The molecule has 0 aliphatic carbocycles. The third-order valence-corrected chi connectivity index (χ3v) is 9.37. The van der Waals surface area contributed by atoms with Crippen LogP contribution in [0.5, 0.6) is 0 Å². The van der Waals surface area contributed by atoms with E-state index < -0.39 is 0 Å². The Morgan fingerprint density at radius 3 is 1.03 bits per heavy atom. The van der Waals surface area contributed by atoms with E-state index in [9.17, 15) is 9.59 Å². The highest BCUT2D eigenvalue weighted by molar-refractivity contribution is 9.10. The first kappa shape index (κ1) is 33.0. The number of rotatable bonds is 25. The van der Waals surface area contributed by atoms with Crippen LogP contribution in [0.4, 0.5) is 0 Å². The molecule has 0 saturated carbocycles. The molecule has 2 nitrogen and oxygen atoms in total. The molecule has 0 bridgehead atoms. The van der Waals surface area contributed by atoms with Crippen molar-refractivity contribution in [3.05, 3.63) is 0 Å². The summed E-state index contributed by atoms with van der Waals surface area (Å²) in [6.07, 6.45) is 22.1. The summed E-state index contributed by atoms with van der Waals surface area (Å²) in [6, 6.07) is 0. The van der Waals surface area contributed by atoms with E-state index in [2.05, 4.69) is 53.4 Å². The molecule has 0 amide bonds. The maximum absolute atomic E-state index is 11.5. The number of alkyl halides is 2. The second-order valence-electron chi connectivity index (χ2n) is 8.97. The largest absolute Gasteiger partial charge is 0.298 e. The van der Waals surface area contributed by atoms with Crippen LogP contribution in [-0.2, 0) is 9.59 Å². The quantitative estimate of drug-likeness (QED) is 0.0581. The number of hydrogen-bond acceptors (Lipinski definition) is 4. The molecular weight excluding hydrogens is 568 g/mol. The summed E-state index contributed by atoms with van der Waals surface area (Å²) in [5.74, 6) is 3.29. The average Bonchev–Trinajstić information content (AvgIpc) is 2.76. The van der Waals surface area contributed by atoms with Crippen LogP contribution in [0.2, 0.25) is 0 Å². The molecule has 32 heavy (non-hydrogen) atoms. The fourth-order valence-corrected chi connectivity index (χ4v) is 6.31. The van der Waals surface area contributed by atoms with Gasteiger partial charge < -0.3 is 0 Å². The minimum Gasteiger partial charge on any atom is -0.298 e. The van der Waals surface area contributed by atoms with Crippen LogP contribution in [-0.4, -0.2) is 32.7 Å². The van der Waals surface area contributed by atoms with Crippen molar-refractivity contribution in [2.24, 2.45) is 0 Å². The molecule has 0 aromatic heterocycles. The highest BCUT2D eigenvalue weighted by atomic mass is 79.9. The van der Waals surface area contributed by atoms with Crippen molar-refractivity contribution in [2.45, 2.75) is 139 Å². The lowest BCUT2D eigenvalue weighted by Gasteiger charge is -2.04. The van der Waals surface area contributed by atoms with Crippen molar-refractivity contribution in [2.75, 3.05) is 11.5 Å². The Morgan fingerprint density at radius 2 is 0.750 bits per heavy atom. The Morgan fingerprint density at radius 1 is 0.500 bits per heavy atom. The van der Waals surface area contributed by atoms with Crippen molar-refractivity contribution >= 4 is 65.0 Å². The molecule has 2 atom stereocenters. The summed E-state index contributed by atoms with van der Waals surface area (Å²) in [5, 5.41) is 0. The highest BCUT2D eigenvalue weighted by Gasteiger charge is 2.08. The highest BCUT2D eigenvalue weighted by Crippen LogP contribution is 2.25. The normalized spacial score (nSPS) is 13.2. The lowest BCUT2D eigenvalue weighted by atomic mass is 10.1. The van der Waals surface area contributed by atoms with Gasteiger partial charge in [-0.2, -0.15) is 0 Å². The Bertz CT molecular complexity index is 406. The van der Waals surface area contributed by atoms with Gasteiger partial charge in [-0.25, -0.2) is 0 Å². The standard InChI is InChI=1S/C26H48Br2O2S2/c1-23(27)25(29)19-15-11-7-3-5-9-13-17-21-31-32-22-18-14-10-6-4-8-12-16-20-26(30)24(2)28/h23-24H,3-22H2,1-2H3. The summed E-state index contributed by atoms with van der Waals surface area (Å²) in [6.45, 7) is 3.84. The van der Waals surface area contributed by atoms with Crippen LogP contribution in [0.1, 0.15) is 129 Å². The smallest absolute Gasteiger partial charge is 0.146 e. The van der Waals surface area contributed by atoms with Crippen LogP contribution in [0.25, 0.3) is 0 Å². The first-order valence-electron chi connectivity index (χ1n) is 13.0. The summed E-state index contributed by atoms with van der Waals surface area (Å²) < 4.78 is 0. The molecule has 0 rings (SSSR count). The van der Waals surface area contributed by atoms with Gasteiger partial charge in [0.15, 0.2) is 0 Å². The van der Waals surface area contributed by atoms with E-state index in [4.69, 9.17) is 0 Å². The van der Waals surface area contributed by atoms with Gasteiger partial charge in [0, 0.05) is 24.3 Å². The molecule has 0 aromatic carbocycles. The summed E-state index contributed by atoms with van der Waals surface area (Å²) in [7, 11) is 4.13. The maximum Gasteiger partial charge on any atom is 0.146 e. The van der Waals surface area contributed by atoms with Gasteiger partial charge in [-0.3, -0.25) is 9.59 Å². The van der Waals surface area contributed by atoms with Gasteiger partial charge in [-0.1, -0.05) is 130 Å². The van der Waals surface area contributed by atoms with Crippen molar-refractivity contribution < 1.29 is 9.59 Å². The van der Waals surface area contributed by atoms with E-state index in [0.717, 1.165) is 25.7 Å². The summed E-state index contributed by atoms with van der Waals surface area (Å²) >= 11 is 6.69. The van der Waals surface area contributed by atoms with E-state index in [0.29, 0.717) is 11.6 Å². The Hall–Kier alpha value is 1.000. The number of Topliss-reactive ketones (excluding diaryl/α,β-unsaturated/α-hetero) is 2. The van der Waals surface area contributed by atoms with Gasteiger partial charge in [-0.05, 0) is 39.5 Å². The molecular formula is C26H48Br2O2S2. The van der Waals surface area contributed by atoms with E-state index in [1.54, 1.807) is 0 Å². The van der Waals surface area contributed by atoms with Crippen LogP contribution >= 0.6 is 53.4 Å². The van der Waals surface area contributed by atoms with Gasteiger partial charge in [0.2, 0.25) is 0 Å². The second-order valence-corrected chi connectivity index (χ2v) is 14.4. The number of carbonyl (C=O) groups is 2. The van der Waals surface area contributed by atoms with Gasteiger partial charge in [-0.15, -0.1) is 0 Å². The zero-order chi connectivity index (χ0) is 23.9. The molecule has 0 aromatic rings. The molecule has 2 unspecified atom stereocenters. The van der Waals surface area contributed by atoms with Crippen molar-refractivity contribution in [1.82, 2.24) is 0 Å². The molecule has 0 aliphatic rings. The molecule has 0 radical (unpaired) electrons. The van der Waals surface area contributed by atoms with Crippen LogP contribution in [0.3, 0.4) is 0 Å². The zero-order valence-electron chi connectivity index (χ0n) is 20.7. The predicted molar refractivity (Wildman–Crippen MR) is 155 cm³/mol. The summed E-state index contributed by atoms with van der Waals surface area (Å²) in [4.78, 5) is 23.1. The van der Waals surface area contributed by atoms with E-state index in [1.807, 2.05) is 13.8 Å². The molecule has 0 spiro atoms. The van der Waals surface area contributed by atoms with E-state index in [1.165, 1.54) is 101 Å². The first-order chi connectivity index (χ1) is 15.4.